The number of nitrogens with one attached hydrogen (secondary N) is 1. The topological polar surface area (TPSA) is 46.9 Å². The SMILES string of the molecule is CSCC(C)Nc1nccn(C)c1=O. The average molecular weight is 213 g/mol. The predicted octanol–water partition coefficient (Wildman–Crippen LogP) is 0.944. The number of thioether (sulfide) groups is 1. The summed E-state index contributed by atoms with van der Waals surface area (Å²) in [6, 6.07) is 0.257. The van der Waals surface area contributed by atoms with E-state index >= 15 is 0 Å². The van der Waals surface area contributed by atoms with E-state index in [1.54, 1.807) is 31.2 Å². The molecule has 1 atom stereocenters. The van der Waals surface area contributed by atoms with Gasteiger partial charge in [-0.2, -0.15) is 11.8 Å². The molecule has 4 nitrogen and oxygen atoms in total. The van der Waals surface area contributed by atoms with Crippen molar-refractivity contribution in [2.45, 2.75) is 13.0 Å². The van der Waals surface area contributed by atoms with Gasteiger partial charge in [-0.05, 0) is 13.2 Å². The standard InChI is InChI=1S/C9H15N3OS/c1-7(6-14-3)11-8-9(13)12(2)5-4-10-8/h4-5,7H,6H2,1-3H3,(H,10,11). The minimum Gasteiger partial charge on any atom is -0.362 e. The van der Waals surface area contributed by atoms with E-state index in [0.717, 1.165) is 5.75 Å². The minimum absolute atomic E-state index is 0.0829. The Kier molecular flexibility index (Phi) is 4.00. The summed E-state index contributed by atoms with van der Waals surface area (Å²) in [5, 5.41) is 3.09. The zero-order valence-electron chi connectivity index (χ0n) is 8.65. The molecule has 0 aliphatic rings. The highest BCUT2D eigenvalue weighted by molar-refractivity contribution is 7.98. The molecule has 1 aromatic rings. The number of hydrogen-bond acceptors (Lipinski definition) is 4. The monoisotopic (exact) mass is 213 g/mol. The van der Waals surface area contributed by atoms with Crippen molar-refractivity contribution in [3.8, 4) is 0 Å². The van der Waals surface area contributed by atoms with Gasteiger partial charge in [-0.25, -0.2) is 4.98 Å². The van der Waals surface area contributed by atoms with Crippen LogP contribution in [0.4, 0.5) is 5.82 Å². The van der Waals surface area contributed by atoms with Crippen molar-refractivity contribution in [2.75, 3.05) is 17.3 Å². The number of aryl methyl sites for hydroxylation is 1. The second-order valence-corrected chi connectivity index (χ2v) is 4.10. The lowest BCUT2D eigenvalue weighted by molar-refractivity contribution is 0.822. The zero-order chi connectivity index (χ0) is 10.6. The Labute approximate surface area is 87.7 Å². The van der Waals surface area contributed by atoms with E-state index in [2.05, 4.69) is 10.3 Å². The highest BCUT2D eigenvalue weighted by Crippen LogP contribution is 2.01. The van der Waals surface area contributed by atoms with Gasteiger partial charge in [-0.3, -0.25) is 4.79 Å². The van der Waals surface area contributed by atoms with Crippen LogP contribution in [-0.2, 0) is 7.05 Å². The summed E-state index contributed by atoms with van der Waals surface area (Å²) in [5.41, 5.74) is -0.0829. The van der Waals surface area contributed by atoms with Crippen LogP contribution < -0.4 is 10.9 Å². The molecule has 0 aromatic carbocycles. The molecule has 14 heavy (non-hydrogen) atoms. The highest BCUT2D eigenvalue weighted by Gasteiger charge is 2.05. The number of hydrogen-bond donors (Lipinski definition) is 1. The molecule has 0 amide bonds. The van der Waals surface area contributed by atoms with E-state index in [1.807, 2.05) is 13.2 Å². The first kappa shape index (κ1) is 11.1. The maximum Gasteiger partial charge on any atom is 0.293 e. The maximum absolute atomic E-state index is 11.5. The van der Waals surface area contributed by atoms with E-state index < -0.39 is 0 Å². The Morgan fingerprint density at radius 1 is 1.71 bits per heavy atom. The number of rotatable bonds is 4. The van der Waals surface area contributed by atoms with E-state index in [-0.39, 0.29) is 11.6 Å². The lowest BCUT2D eigenvalue weighted by atomic mass is 10.4. The van der Waals surface area contributed by atoms with E-state index in [4.69, 9.17) is 0 Å². The molecule has 78 valence electrons. The van der Waals surface area contributed by atoms with Crippen LogP contribution in [0.1, 0.15) is 6.92 Å². The van der Waals surface area contributed by atoms with Crippen LogP contribution >= 0.6 is 11.8 Å². The summed E-state index contributed by atoms with van der Waals surface area (Å²) in [4.78, 5) is 15.5. The Morgan fingerprint density at radius 2 is 2.43 bits per heavy atom. The molecule has 0 bridgehead atoms. The molecule has 1 aromatic heterocycles. The Morgan fingerprint density at radius 3 is 3.07 bits per heavy atom. The molecule has 1 rings (SSSR count). The van der Waals surface area contributed by atoms with Crippen molar-refractivity contribution in [3.05, 3.63) is 22.7 Å². The van der Waals surface area contributed by atoms with Gasteiger partial charge in [0.2, 0.25) is 0 Å². The van der Waals surface area contributed by atoms with Crippen molar-refractivity contribution in [1.29, 1.82) is 0 Å². The van der Waals surface area contributed by atoms with E-state index in [0.29, 0.717) is 5.82 Å². The summed E-state index contributed by atoms with van der Waals surface area (Å²) >= 11 is 1.74. The fourth-order valence-corrected chi connectivity index (χ4v) is 1.71. The van der Waals surface area contributed by atoms with E-state index in [9.17, 15) is 4.79 Å². The zero-order valence-corrected chi connectivity index (χ0v) is 9.47. The number of nitrogens with zero attached hydrogens (tertiary/aromatic N) is 2. The Hall–Kier alpha value is -0.970. The first-order valence-corrected chi connectivity index (χ1v) is 5.81. The van der Waals surface area contributed by atoms with Crippen LogP contribution in [0.5, 0.6) is 0 Å². The van der Waals surface area contributed by atoms with Gasteiger partial charge in [0.1, 0.15) is 0 Å². The molecule has 0 fully saturated rings. The largest absolute Gasteiger partial charge is 0.362 e. The lowest BCUT2D eigenvalue weighted by Crippen LogP contribution is -2.27. The summed E-state index contributed by atoms with van der Waals surface area (Å²) in [6.45, 7) is 2.03. The third-order valence-electron chi connectivity index (χ3n) is 1.82. The summed E-state index contributed by atoms with van der Waals surface area (Å²) in [6.07, 6.45) is 5.30. The van der Waals surface area contributed by atoms with Gasteiger partial charge < -0.3 is 9.88 Å². The molecule has 0 radical (unpaired) electrons. The van der Waals surface area contributed by atoms with Crippen LogP contribution in [0.15, 0.2) is 17.2 Å². The normalized spacial score (nSPS) is 12.5. The molecule has 0 saturated heterocycles. The second-order valence-electron chi connectivity index (χ2n) is 3.19. The fourth-order valence-electron chi connectivity index (χ4n) is 1.12. The van der Waals surface area contributed by atoms with Gasteiger partial charge in [0, 0.05) is 31.2 Å². The average Bonchev–Trinajstić information content (AvgIpc) is 2.13. The molecular formula is C9H15N3OS. The molecule has 0 aliphatic heterocycles. The molecule has 0 saturated carbocycles. The molecule has 5 heteroatoms. The third-order valence-corrected chi connectivity index (χ3v) is 2.65. The van der Waals surface area contributed by atoms with Gasteiger partial charge in [-0.15, -0.1) is 0 Å². The van der Waals surface area contributed by atoms with Crippen molar-refractivity contribution >= 4 is 17.6 Å². The van der Waals surface area contributed by atoms with Crippen LogP contribution in [0.3, 0.4) is 0 Å². The summed E-state index contributed by atoms with van der Waals surface area (Å²) in [7, 11) is 1.72. The summed E-state index contributed by atoms with van der Waals surface area (Å²) in [5.74, 6) is 1.39. The van der Waals surface area contributed by atoms with Crippen molar-refractivity contribution < 1.29 is 0 Å². The van der Waals surface area contributed by atoms with Crippen molar-refractivity contribution in [1.82, 2.24) is 9.55 Å². The van der Waals surface area contributed by atoms with Crippen LogP contribution in [-0.4, -0.2) is 27.6 Å². The third kappa shape index (κ3) is 2.77. The number of anilines is 1. The van der Waals surface area contributed by atoms with Crippen LogP contribution in [0, 0.1) is 0 Å². The predicted molar refractivity (Wildman–Crippen MR) is 60.9 cm³/mol. The minimum atomic E-state index is -0.0829. The summed E-state index contributed by atoms with van der Waals surface area (Å²) < 4.78 is 1.52. The molecule has 0 aliphatic carbocycles. The van der Waals surface area contributed by atoms with Gasteiger partial charge in [-0.1, -0.05) is 0 Å². The second kappa shape index (κ2) is 5.05. The maximum atomic E-state index is 11.5. The van der Waals surface area contributed by atoms with Gasteiger partial charge >= 0.3 is 0 Å². The lowest BCUT2D eigenvalue weighted by Gasteiger charge is -2.12. The first-order chi connectivity index (χ1) is 6.65. The molecule has 0 spiro atoms. The molecular weight excluding hydrogens is 198 g/mol. The van der Waals surface area contributed by atoms with Gasteiger partial charge in [0.15, 0.2) is 5.82 Å². The van der Waals surface area contributed by atoms with Gasteiger partial charge in [0.05, 0.1) is 0 Å². The Balaban J connectivity index is 2.77. The van der Waals surface area contributed by atoms with Gasteiger partial charge in [0.25, 0.3) is 5.56 Å². The van der Waals surface area contributed by atoms with Crippen LogP contribution in [0.25, 0.3) is 0 Å². The van der Waals surface area contributed by atoms with Crippen molar-refractivity contribution in [2.24, 2.45) is 7.05 Å². The van der Waals surface area contributed by atoms with Crippen LogP contribution in [0.2, 0.25) is 0 Å². The molecule has 1 N–H and O–H groups in total. The Bertz CT molecular complexity index is 350. The molecule has 1 unspecified atom stereocenters. The quantitative estimate of drug-likeness (QED) is 0.808. The first-order valence-electron chi connectivity index (χ1n) is 4.42. The fraction of sp³-hybridized carbons (Fsp3) is 0.556. The van der Waals surface area contributed by atoms with E-state index in [1.165, 1.54) is 4.57 Å². The van der Waals surface area contributed by atoms with Crippen molar-refractivity contribution in [3.63, 3.8) is 0 Å². The number of aromatic nitrogens is 2. The highest BCUT2D eigenvalue weighted by atomic mass is 32.2. The smallest absolute Gasteiger partial charge is 0.293 e. The molecule has 1 heterocycles.